The van der Waals surface area contributed by atoms with E-state index in [0.29, 0.717) is 17.5 Å². The number of nitrogens with one attached hydrogen (secondary N) is 1. The zero-order chi connectivity index (χ0) is 11.0. The van der Waals surface area contributed by atoms with Crippen molar-refractivity contribution in [3.05, 3.63) is 24.3 Å². The maximum absolute atomic E-state index is 11.7. The van der Waals surface area contributed by atoms with Crippen LogP contribution in [-0.4, -0.2) is 24.7 Å². The van der Waals surface area contributed by atoms with E-state index in [4.69, 9.17) is 9.47 Å². The summed E-state index contributed by atoms with van der Waals surface area (Å²) in [7, 11) is 0. The zero-order valence-corrected chi connectivity index (χ0v) is 8.81. The van der Waals surface area contributed by atoms with Crippen LogP contribution in [0.3, 0.4) is 0 Å². The van der Waals surface area contributed by atoms with Crippen molar-refractivity contribution < 1.29 is 14.3 Å². The number of amides is 1. The molecule has 1 amide bonds. The average Bonchev–Trinajstić information content (AvgIpc) is 3.12. The number of hydrogen-bond acceptors (Lipinski definition) is 3. The fourth-order valence-corrected chi connectivity index (χ4v) is 1.67. The van der Waals surface area contributed by atoms with Gasteiger partial charge < -0.3 is 14.8 Å². The molecule has 4 nitrogen and oxygen atoms in total. The Kier molecular flexibility index (Phi) is 2.20. The molecule has 1 saturated carbocycles. The van der Waals surface area contributed by atoms with Gasteiger partial charge in [0.25, 0.3) is 5.91 Å². The summed E-state index contributed by atoms with van der Waals surface area (Å²) in [6.45, 7) is 0.287. The van der Waals surface area contributed by atoms with Crippen molar-refractivity contribution in [3.63, 3.8) is 0 Å². The molecule has 0 saturated heterocycles. The van der Waals surface area contributed by atoms with Crippen LogP contribution in [0.4, 0.5) is 0 Å². The van der Waals surface area contributed by atoms with Gasteiger partial charge in [0.15, 0.2) is 11.5 Å². The van der Waals surface area contributed by atoms with Crippen molar-refractivity contribution in [2.75, 3.05) is 6.61 Å². The van der Waals surface area contributed by atoms with E-state index in [1.165, 1.54) is 0 Å². The Morgan fingerprint density at radius 3 is 2.75 bits per heavy atom. The largest absolute Gasteiger partial charge is 0.485 e. The van der Waals surface area contributed by atoms with E-state index in [1.807, 2.05) is 24.3 Å². The molecule has 16 heavy (non-hydrogen) atoms. The molecule has 0 radical (unpaired) electrons. The highest BCUT2D eigenvalue weighted by atomic mass is 16.6. The van der Waals surface area contributed by atoms with Gasteiger partial charge in [0.1, 0.15) is 6.61 Å². The molecule has 4 heteroatoms. The average molecular weight is 219 g/mol. The zero-order valence-electron chi connectivity index (χ0n) is 8.81. The van der Waals surface area contributed by atoms with Crippen molar-refractivity contribution in [1.82, 2.24) is 5.32 Å². The van der Waals surface area contributed by atoms with Crippen LogP contribution in [-0.2, 0) is 4.79 Å². The van der Waals surface area contributed by atoms with E-state index in [9.17, 15) is 4.79 Å². The van der Waals surface area contributed by atoms with E-state index >= 15 is 0 Å². The molecular weight excluding hydrogens is 206 g/mol. The lowest BCUT2D eigenvalue weighted by Crippen LogP contribution is -2.44. The fourth-order valence-electron chi connectivity index (χ4n) is 1.67. The monoisotopic (exact) mass is 219 g/mol. The second-order valence-electron chi connectivity index (χ2n) is 4.15. The molecule has 1 aromatic carbocycles. The van der Waals surface area contributed by atoms with E-state index in [0.717, 1.165) is 12.8 Å². The van der Waals surface area contributed by atoms with Gasteiger partial charge >= 0.3 is 0 Å². The minimum Gasteiger partial charge on any atom is -0.485 e. The van der Waals surface area contributed by atoms with Gasteiger partial charge in [-0.25, -0.2) is 0 Å². The molecule has 84 valence electrons. The van der Waals surface area contributed by atoms with Gasteiger partial charge in [0.2, 0.25) is 6.10 Å². The first kappa shape index (κ1) is 9.51. The molecule has 1 aliphatic heterocycles. The van der Waals surface area contributed by atoms with Gasteiger partial charge in [-0.2, -0.15) is 0 Å². The number of rotatable bonds is 2. The number of fused-ring (bicyclic) bond motifs is 1. The van der Waals surface area contributed by atoms with Crippen LogP contribution in [0, 0.1) is 0 Å². The van der Waals surface area contributed by atoms with Gasteiger partial charge in [0, 0.05) is 6.04 Å². The second-order valence-corrected chi connectivity index (χ2v) is 4.15. The van der Waals surface area contributed by atoms with E-state index in [1.54, 1.807) is 0 Å². The predicted octanol–water partition coefficient (Wildman–Crippen LogP) is 1.10. The third kappa shape index (κ3) is 1.83. The number of hydrogen-bond donors (Lipinski definition) is 1. The highest BCUT2D eigenvalue weighted by Crippen LogP contribution is 2.31. The quantitative estimate of drug-likeness (QED) is 0.810. The first-order chi connectivity index (χ1) is 7.83. The molecular formula is C12H13NO3. The summed E-state index contributed by atoms with van der Waals surface area (Å²) in [5.74, 6) is 1.28. The minimum atomic E-state index is -0.518. The topological polar surface area (TPSA) is 47.6 Å². The third-order valence-corrected chi connectivity index (χ3v) is 2.72. The lowest BCUT2D eigenvalue weighted by atomic mass is 10.2. The Morgan fingerprint density at radius 2 is 2.00 bits per heavy atom. The van der Waals surface area contributed by atoms with Crippen LogP contribution >= 0.6 is 0 Å². The van der Waals surface area contributed by atoms with Gasteiger partial charge in [-0.3, -0.25) is 4.79 Å². The number of carbonyl (C=O) groups excluding carboxylic acids is 1. The Hall–Kier alpha value is -1.71. The Balaban J connectivity index is 1.69. The Labute approximate surface area is 93.5 Å². The number of carbonyl (C=O) groups is 1. The van der Waals surface area contributed by atoms with Gasteiger partial charge in [0.05, 0.1) is 0 Å². The highest BCUT2D eigenvalue weighted by Gasteiger charge is 2.31. The van der Waals surface area contributed by atoms with E-state index in [2.05, 4.69) is 5.32 Å². The van der Waals surface area contributed by atoms with Crippen molar-refractivity contribution in [1.29, 1.82) is 0 Å². The van der Waals surface area contributed by atoms with Crippen molar-refractivity contribution in [2.24, 2.45) is 0 Å². The van der Waals surface area contributed by atoms with Gasteiger partial charge in [-0.15, -0.1) is 0 Å². The molecule has 3 rings (SSSR count). The summed E-state index contributed by atoms with van der Waals surface area (Å²) < 4.78 is 11.1. The maximum atomic E-state index is 11.7. The summed E-state index contributed by atoms with van der Waals surface area (Å²) in [6.07, 6.45) is 1.64. The molecule has 1 fully saturated rings. The number of para-hydroxylation sites is 2. The lowest BCUT2D eigenvalue weighted by molar-refractivity contribution is -0.130. The smallest absolute Gasteiger partial charge is 0.264 e. The summed E-state index contributed by atoms with van der Waals surface area (Å²) in [5.41, 5.74) is 0. The summed E-state index contributed by atoms with van der Waals surface area (Å²) >= 11 is 0. The van der Waals surface area contributed by atoms with Crippen LogP contribution in [0.2, 0.25) is 0 Å². The van der Waals surface area contributed by atoms with Crippen LogP contribution < -0.4 is 14.8 Å². The Bertz CT molecular complexity index is 414. The Morgan fingerprint density at radius 1 is 1.25 bits per heavy atom. The summed E-state index contributed by atoms with van der Waals surface area (Å²) in [4.78, 5) is 11.7. The first-order valence-corrected chi connectivity index (χ1v) is 5.52. The molecule has 0 aromatic heterocycles. The predicted molar refractivity (Wildman–Crippen MR) is 57.5 cm³/mol. The van der Waals surface area contributed by atoms with E-state index in [-0.39, 0.29) is 12.5 Å². The molecule has 1 atom stereocenters. The highest BCUT2D eigenvalue weighted by molar-refractivity contribution is 5.82. The SMILES string of the molecule is O=C(NC1CC1)[C@H]1COc2ccccc2O1. The summed E-state index contributed by atoms with van der Waals surface area (Å²) in [6, 6.07) is 7.75. The van der Waals surface area contributed by atoms with Crippen LogP contribution in [0.15, 0.2) is 24.3 Å². The number of benzene rings is 1. The standard InChI is InChI=1S/C12H13NO3/c14-12(13-8-5-6-8)11-7-15-9-3-1-2-4-10(9)16-11/h1-4,8,11H,5-7H2,(H,13,14)/t11-/m1/s1. The summed E-state index contributed by atoms with van der Waals surface area (Å²) in [5, 5.41) is 2.91. The van der Waals surface area contributed by atoms with Crippen LogP contribution in [0.1, 0.15) is 12.8 Å². The van der Waals surface area contributed by atoms with Crippen molar-refractivity contribution >= 4 is 5.91 Å². The van der Waals surface area contributed by atoms with Crippen LogP contribution in [0.5, 0.6) is 11.5 Å². The third-order valence-electron chi connectivity index (χ3n) is 2.72. The lowest BCUT2D eigenvalue weighted by Gasteiger charge is -2.25. The first-order valence-electron chi connectivity index (χ1n) is 5.52. The normalized spacial score (nSPS) is 22.6. The molecule has 1 heterocycles. The van der Waals surface area contributed by atoms with Crippen molar-refractivity contribution in [3.8, 4) is 11.5 Å². The minimum absolute atomic E-state index is 0.0722. The molecule has 0 spiro atoms. The van der Waals surface area contributed by atoms with Gasteiger partial charge in [-0.1, -0.05) is 12.1 Å². The molecule has 1 N–H and O–H groups in total. The molecule has 2 aliphatic rings. The molecule has 1 aromatic rings. The molecule has 0 unspecified atom stereocenters. The van der Waals surface area contributed by atoms with E-state index < -0.39 is 6.10 Å². The molecule has 1 aliphatic carbocycles. The molecule has 0 bridgehead atoms. The van der Waals surface area contributed by atoms with Gasteiger partial charge in [-0.05, 0) is 25.0 Å². The van der Waals surface area contributed by atoms with Crippen molar-refractivity contribution in [2.45, 2.75) is 25.0 Å². The second kappa shape index (κ2) is 3.70. The fraction of sp³-hybridized carbons (Fsp3) is 0.417. The van der Waals surface area contributed by atoms with Crippen LogP contribution in [0.25, 0.3) is 0 Å². The number of ether oxygens (including phenoxy) is 2. The maximum Gasteiger partial charge on any atom is 0.264 e.